The van der Waals surface area contributed by atoms with Crippen molar-refractivity contribution in [1.82, 2.24) is 0 Å². The zero-order valence-electron chi connectivity index (χ0n) is 12.5. The summed E-state index contributed by atoms with van der Waals surface area (Å²) in [5.74, 6) is 0.976. The predicted molar refractivity (Wildman–Crippen MR) is 96.4 cm³/mol. The molecule has 2 rings (SSSR count). The summed E-state index contributed by atoms with van der Waals surface area (Å²) in [5, 5.41) is 0. The Morgan fingerprint density at radius 1 is 1.05 bits per heavy atom. The molecule has 1 aromatic carbocycles. The summed E-state index contributed by atoms with van der Waals surface area (Å²) in [5.41, 5.74) is 1.26. The molecular weight excluding hydrogens is 363 g/mol. The van der Waals surface area contributed by atoms with E-state index in [1.807, 2.05) is 0 Å². The van der Waals surface area contributed by atoms with E-state index in [1.165, 1.54) is 42.5 Å². The summed E-state index contributed by atoms with van der Waals surface area (Å²) in [6.07, 6.45) is 7.80. The number of hydrogen-bond acceptors (Lipinski definition) is 3. The van der Waals surface area contributed by atoms with E-state index in [4.69, 9.17) is 17.0 Å². The van der Waals surface area contributed by atoms with Gasteiger partial charge in [-0.05, 0) is 0 Å². The fraction of sp³-hybridized carbons (Fsp3) is 0.471. The van der Waals surface area contributed by atoms with Crippen LogP contribution in [0.5, 0.6) is 5.75 Å². The Kier molecular flexibility index (Phi) is 7.73. The number of ether oxygens (including phenoxy) is 1. The number of benzene rings is 1. The van der Waals surface area contributed by atoms with Crippen LogP contribution in [0.15, 0.2) is 29.2 Å². The van der Waals surface area contributed by atoms with Crippen molar-refractivity contribution < 1.29 is 4.74 Å². The van der Waals surface area contributed by atoms with Gasteiger partial charge in [0.1, 0.15) is 0 Å². The molecule has 0 bridgehead atoms. The molecule has 4 heteroatoms. The standard InChI is InChI=1S/C17H22OS2Se/c1-2-3-4-5-6-7-12-18-15-10-8-14(9-11-15)16-13-21-17(19)20-16/h8-11,13H,2-7,12H2,1H3. The topological polar surface area (TPSA) is 9.23 Å². The second-order valence-electron chi connectivity index (χ2n) is 5.09. The third-order valence-electron chi connectivity index (χ3n) is 3.36. The Balaban J connectivity index is 1.71. The number of rotatable bonds is 9. The van der Waals surface area contributed by atoms with Crippen molar-refractivity contribution in [3.8, 4) is 16.2 Å². The van der Waals surface area contributed by atoms with E-state index < -0.39 is 0 Å². The Morgan fingerprint density at radius 2 is 1.76 bits per heavy atom. The average Bonchev–Trinajstić information content (AvgIpc) is 2.93. The molecule has 0 aliphatic heterocycles. The van der Waals surface area contributed by atoms with Crippen molar-refractivity contribution in [2.75, 3.05) is 6.61 Å². The minimum atomic E-state index is 0.391. The fourth-order valence-corrected chi connectivity index (χ4v) is 5.59. The molecule has 0 aliphatic carbocycles. The molecule has 1 heterocycles. The van der Waals surface area contributed by atoms with Crippen LogP contribution in [-0.2, 0) is 0 Å². The van der Waals surface area contributed by atoms with Gasteiger partial charge in [-0.25, -0.2) is 0 Å². The third kappa shape index (κ3) is 6.07. The van der Waals surface area contributed by atoms with Gasteiger partial charge in [0.05, 0.1) is 0 Å². The van der Waals surface area contributed by atoms with Gasteiger partial charge in [0, 0.05) is 0 Å². The third-order valence-corrected chi connectivity index (χ3v) is 7.36. The molecule has 21 heavy (non-hydrogen) atoms. The quantitative estimate of drug-likeness (QED) is 0.300. The second kappa shape index (κ2) is 9.57. The maximum atomic E-state index is 5.80. The van der Waals surface area contributed by atoms with E-state index in [-0.39, 0.29) is 0 Å². The van der Waals surface area contributed by atoms with Crippen LogP contribution < -0.4 is 4.74 Å². The molecule has 0 saturated carbocycles. The molecule has 0 atom stereocenters. The molecule has 0 fully saturated rings. The molecule has 0 saturated heterocycles. The van der Waals surface area contributed by atoms with Gasteiger partial charge >= 0.3 is 123 Å². The zero-order chi connectivity index (χ0) is 14.9. The molecule has 0 amide bonds. The van der Waals surface area contributed by atoms with Crippen LogP contribution in [-0.4, -0.2) is 21.1 Å². The van der Waals surface area contributed by atoms with E-state index in [0.29, 0.717) is 14.5 Å². The van der Waals surface area contributed by atoms with E-state index in [0.717, 1.165) is 21.5 Å². The van der Waals surface area contributed by atoms with Gasteiger partial charge in [-0.2, -0.15) is 0 Å². The van der Waals surface area contributed by atoms with Crippen LogP contribution in [0, 0.1) is 2.70 Å². The van der Waals surface area contributed by atoms with Crippen molar-refractivity contribution in [1.29, 1.82) is 0 Å². The van der Waals surface area contributed by atoms with Crippen LogP contribution in [0.25, 0.3) is 10.4 Å². The van der Waals surface area contributed by atoms with Crippen LogP contribution >= 0.6 is 23.6 Å². The summed E-state index contributed by atoms with van der Waals surface area (Å²) >= 11 is 7.37. The molecule has 1 nitrogen and oxygen atoms in total. The van der Waals surface area contributed by atoms with E-state index in [9.17, 15) is 0 Å². The minimum absolute atomic E-state index is 0.391. The van der Waals surface area contributed by atoms with Gasteiger partial charge in [0.25, 0.3) is 0 Å². The van der Waals surface area contributed by atoms with Crippen LogP contribution in [0.3, 0.4) is 0 Å². The first-order chi connectivity index (χ1) is 10.3. The van der Waals surface area contributed by atoms with Crippen LogP contribution in [0.4, 0.5) is 0 Å². The van der Waals surface area contributed by atoms with Crippen molar-refractivity contribution in [2.24, 2.45) is 0 Å². The van der Waals surface area contributed by atoms with Gasteiger partial charge in [-0.15, -0.1) is 0 Å². The number of hydrogen-bond donors (Lipinski definition) is 0. The molecule has 0 unspecified atom stereocenters. The second-order valence-corrected chi connectivity index (χ2v) is 9.82. The monoisotopic (exact) mass is 386 g/mol. The fourth-order valence-electron chi connectivity index (χ4n) is 2.15. The van der Waals surface area contributed by atoms with Crippen molar-refractivity contribution in [2.45, 2.75) is 45.4 Å². The molecule has 1 aromatic heterocycles. The maximum absolute atomic E-state index is 5.80. The Labute approximate surface area is 142 Å². The first-order valence-corrected chi connectivity index (χ1v) is 10.7. The van der Waals surface area contributed by atoms with Gasteiger partial charge in [-0.1, -0.05) is 19.8 Å². The zero-order valence-corrected chi connectivity index (χ0v) is 15.8. The summed E-state index contributed by atoms with van der Waals surface area (Å²) in [4.78, 5) is 3.58. The van der Waals surface area contributed by atoms with Gasteiger partial charge < -0.3 is 0 Å². The van der Waals surface area contributed by atoms with Gasteiger partial charge in [0.2, 0.25) is 0 Å². The average molecular weight is 385 g/mol. The summed E-state index contributed by atoms with van der Waals surface area (Å²) in [6, 6.07) is 8.42. The number of unbranched alkanes of at least 4 members (excludes halogenated alkanes) is 5. The Hall–Kier alpha value is -0.411. The Morgan fingerprint density at radius 3 is 2.43 bits per heavy atom. The summed E-state index contributed by atoms with van der Waals surface area (Å²) in [6.45, 7) is 3.08. The molecule has 0 spiro atoms. The van der Waals surface area contributed by atoms with Crippen molar-refractivity contribution in [3.05, 3.63) is 31.9 Å². The Bertz CT molecular complexity index is 571. The molecule has 0 N–H and O–H groups in total. The van der Waals surface area contributed by atoms with E-state index in [2.05, 4.69) is 36.1 Å². The van der Waals surface area contributed by atoms with E-state index >= 15 is 0 Å². The van der Waals surface area contributed by atoms with Gasteiger partial charge in [-0.3, -0.25) is 0 Å². The summed E-state index contributed by atoms with van der Waals surface area (Å²) < 4.78 is 6.93. The van der Waals surface area contributed by atoms with Crippen LogP contribution in [0.1, 0.15) is 45.4 Å². The molecular formula is C17H22OS2Se. The van der Waals surface area contributed by atoms with Gasteiger partial charge in [0.15, 0.2) is 0 Å². The molecule has 0 aliphatic rings. The molecule has 114 valence electrons. The first kappa shape index (κ1) is 17.0. The van der Waals surface area contributed by atoms with Crippen molar-refractivity contribution in [3.63, 3.8) is 0 Å². The van der Waals surface area contributed by atoms with E-state index in [1.54, 1.807) is 11.3 Å². The first-order valence-electron chi connectivity index (χ1n) is 7.61. The SMILES string of the molecule is CCCCCCCCOc1ccc(-c2c[se]c(=S)s2)cc1. The van der Waals surface area contributed by atoms with Crippen molar-refractivity contribution >= 4 is 38.1 Å². The normalized spacial score (nSPS) is 10.7. The predicted octanol–water partition coefficient (Wildman–Crippen LogP) is 5.94. The molecule has 0 radical (unpaired) electrons. The molecule has 2 aromatic rings. The van der Waals surface area contributed by atoms with Crippen LogP contribution in [0.2, 0.25) is 0 Å². The summed E-state index contributed by atoms with van der Waals surface area (Å²) in [7, 11) is 0.